The van der Waals surface area contributed by atoms with Gasteiger partial charge < -0.3 is 25.2 Å². The van der Waals surface area contributed by atoms with E-state index in [9.17, 15) is 4.79 Å². The van der Waals surface area contributed by atoms with E-state index >= 15 is 0 Å². The normalized spacial score (nSPS) is 11.2. The molecule has 3 rings (SSSR count). The van der Waals surface area contributed by atoms with E-state index in [1.165, 1.54) is 0 Å². The predicted molar refractivity (Wildman–Crippen MR) is 159 cm³/mol. The first-order valence-electron chi connectivity index (χ1n) is 12.3. The number of rotatable bonds is 7. The second-order valence-corrected chi connectivity index (χ2v) is 10.9. The number of carbonyl (C=O) groups excluding carboxylic acids is 1. The van der Waals surface area contributed by atoms with Crippen LogP contribution in [0.5, 0.6) is 5.75 Å². The predicted octanol–water partition coefficient (Wildman–Crippen LogP) is 5.87. The molecule has 0 atom stereocenters. The van der Waals surface area contributed by atoms with Crippen LogP contribution in [0, 0.1) is 5.41 Å². The molecule has 0 aromatic heterocycles. The number of thiocarbonyl (C=S) groups is 1. The highest BCUT2D eigenvalue weighted by Crippen LogP contribution is 2.39. The van der Waals surface area contributed by atoms with Gasteiger partial charge in [-0.3, -0.25) is 4.79 Å². The van der Waals surface area contributed by atoms with Crippen LogP contribution in [0.4, 0.5) is 17.1 Å². The Morgan fingerprint density at radius 2 is 1.32 bits per heavy atom. The smallest absolute Gasteiger partial charge is 0.231 e. The molecule has 0 aliphatic rings. The Morgan fingerprint density at radius 1 is 0.838 bits per heavy atom. The van der Waals surface area contributed by atoms with Gasteiger partial charge in [-0.2, -0.15) is 0 Å². The van der Waals surface area contributed by atoms with Crippen LogP contribution < -0.4 is 25.2 Å². The molecule has 0 unspecified atom stereocenters. The standard InChI is InChI=1S/C30H38N4O2S/c1-30(2,3)28(35)32-29(37)31-26-18-17-24(36-8)19-25(26)27(20-9-13-22(14-10-20)33(4)5)21-11-15-23(16-12-21)34(6)7/h9-19,27H,1-8H3,(H2,31,32,35,37). The Kier molecular flexibility index (Phi) is 8.81. The van der Waals surface area contributed by atoms with Crippen molar-refractivity contribution in [2.24, 2.45) is 5.41 Å². The molecule has 7 heteroatoms. The third kappa shape index (κ3) is 7.01. The van der Waals surface area contributed by atoms with Crippen LogP contribution in [0.3, 0.4) is 0 Å². The summed E-state index contributed by atoms with van der Waals surface area (Å²) in [6.07, 6.45) is 0. The zero-order valence-corrected chi connectivity index (χ0v) is 23.9. The molecule has 2 N–H and O–H groups in total. The van der Waals surface area contributed by atoms with E-state index in [4.69, 9.17) is 17.0 Å². The second-order valence-electron chi connectivity index (χ2n) is 10.5. The number of nitrogens with one attached hydrogen (secondary N) is 2. The minimum absolute atomic E-state index is 0.105. The molecule has 0 aliphatic carbocycles. The maximum Gasteiger partial charge on any atom is 0.231 e. The van der Waals surface area contributed by atoms with Gasteiger partial charge in [0.1, 0.15) is 5.75 Å². The van der Waals surface area contributed by atoms with Gasteiger partial charge in [-0.1, -0.05) is 45.0 Å². The number of ether oxygens (including phenoxy) is 1. The van der Waals surface area contributed by atoms with Crippen LogP contribution in [-0.2, 0) is 4.79 Å². The number of anilines is 3. The molecule has 6 nitrogen and oxygen atoms in total. The second kappa shape index (κ2) is 11.6. The highest BCUT2D eigenvalue weighted by atomic mass is 32.1. The summed E-state index contributed by atoms with van der Waals surface area (Å²) < 4.78 is 5.60. The minimum atomic E-state index is -0.556. The molecule has 0 heterocycles. The maximum absolute atomic E-state index is 12.5. The van der Waals surface area contributed by atoms with Crippen molar-refractivity contribution in [3.8, 4) is 5.75 Å². The van der Waals surface area contributed by atoms with E-state index in [-0.39, 0.29) is 16.9 Å². The summed E-state index contributed by atoms with van der Waals surface area (Å²) in [5, 5.41) is 6.35. The van der Waals surface area contributed by atoms with Gasteiger partial charge in [-0.25, -0.2) is 0 Å². The van der Waals surface area contributed by atoms with Gasteiger partial charge in [0.15, 0.2) is 5.11 Å². The number of hydrogen-bond donors (Lipinski definition) is 2. The zero-order chi connectivity index (χ0) is 27.3. The summed E-state index contributed by atoms with van der Waals surface area (Å²) in [5.41, 5.74) is 5.74. The summed E-state index contributed by atoms with van der Waals surface area (Å²) in [6, 6.07) is 23.0. The SMILES string of the molecule is COc1ccc(NC(=S)NC(=O)C(C)(C)C)c(C(c2ccc(N(C)C)cc2)c2ccc(N(C)C)cc2)c1. The number of nitrogens with zero attached hydrogens (tertiary/aromatic N) is 2. The summed E-state index contributed by atoms with van der Waals surface area (Å²) in [7, 11) is 9.78. The molecular formula is C30H38N4O2S. The molecule has 0 radical (unpaired) electrons. The van der Waals surface area contributed by atoms with Gasteiger partial charge in [-0.15, -0.1) is 0 Å². The largest absolute Gasteiger partial charge is 0.497 e. The topological polar surface area (TPSA) is 56.8 Å². The third-order valence-corrected chi connectivity index (χ3v) is 6.42. The lowest BCUT2D eigenvalue weighted by Gasteiger charge is -2.25. The Labute approximate surface area is 226 Å². The first kappa shape index (κ1) is 28.0. The van der Waals surface area contributed by atoms with Gasteiger partial charge in [0.05, 0.1) is 7.11 Å². The Hall–Kier alpha value is -3.58. The highest BCUT2D eigenvalue weighted by molar-refractivity contribution is 7.80. The maximum atomic E-state index is 12.5. The molecule has 0 fully saturated rings. The summed E-state index contributed by atoms with van der Waals surface area (Å²) in [5.74, 6) is 0.492. The lowest BCUT2D eigenvalue weighted by atomic mass is 9.84. The molecular weight excluding hydrogens is 480 g/mol. The van der Waals surface area contributed by atoms with Crippen molar-refractivity contribution in [3.05, 3.63) is 83.4 Å². The number of methoxy groups -OCH3 is 1. The first-order chi connectivity index (χ1) is 17.4. The molecule has 3 aromatic rings. The Balaban J connectivity index is 2.12. The molecule has 37 heavy (non-hydrogen) atoms. The van der Waals surface area contributed by atoms with Crippen molar-refractivity contribution in [1.29, 1.82) is 0 Å². The summed E-state index contributed by atoms with van der Waals surface area (Å²) in [4.78, 5) is 16.7. The van der Waals surface area contributed by atoms with E-state index in [2.05, 4.69) is 69.0 Å². The van der Waals surface area contributed by atoms with E-state index < -0.39 is 5.41 Å². The summed E-state index contributed by atoms with van der Waals surface area (Å²) in [6.45, 7) is 5.57. The van der Waals surface area contributed by atoms with Crippen molar-refractivity contribution in [3.63, 3.8) is 0 Å². The molecule has 0 saturated carbocycles. The van der Waals surface area contributed by atoms with Crippen LogP contribution in [0.25, 0.3) is 0 Å². The fourth-order valence-corrected chi connectivity index (χ4v) is 4.15. The molecule has 3 aromatic carbocycles. The fraction of sp³-hybridized carbons (Fsp3) is 0.333. The number of carbonyl (C=O) groups is 1. The van der Waals surface area contributed by atoms with E-state index in [1.807, 2.05) is 67.2 Å². The average Bonchev–Trinajstić information content (AvgIpc) is 2.85. The number of hydrogen-bond acceptors (Lipinski definition) is 5. The quantitative estimate of drug-likeness (QED) is 0.302. The molecule has 0 spiro atoms. The molecule has 0 saturated heterocycles. The van der Waals surface area contributed by atoms with Crippen LogP contribution in [0.15, 0.2) is 66.7 Å². The molecule has 1 amide bonds. The summed E-state index contributed by atoms with van der Waals surface area (Å²) >= 11 is 5.53. The highest BCUT2D eigenvalue weighted by Gasteiger charge is 2.24. The van der Waals surface area contributed by atoms with Crippen molar-refractivity contribution < 1.29 is 9.53 Å². The van der Waals surface area contributed by atoms with Crippen molar-refractivity contribution in [2.75, 3.05) is 50.4 Å². The fourth-order valence-electron chi connectivity index (χ4n) is 3.95. The monoisotopic (exact) mass is 518 g/mol. The average molecular weight is 519 g/mol. The molecule has 196 valence electrons. The molecule has 0 bridgehead atoms. The minimum Gasteiger partial charge on any atom is -0.497 e. The van der Waals surface area contributed by atoms with Crippen LogP contribution in [0.1, 0.15) is 43.4 Å². The van der Waals surface area contributed by atoms with Gasteiger partial charge in [-0.05, 0) is 71.4 Å². The zero-order valence-electron chi connectivity index (χ0n) is 23.0. The third-order valence-electron chi connectivity index (χ3n) is 6.21. The van der Waals surface area contributed by atoms with Gasteiger partial charge in [0.2, 0.25) is 5.91 Å². The molecule has 0 aliphatic heterocycles. The van der Waals surface area contributed by atoms with Crippen molar-refractivity contribution >= 4 is 40.3 Å². The van der Waals surface area contributed by atoms with E-state index in [1.54, 1.807) is 7.11 Å². The Bertz CT molecular complexity index is 1180. The van der Waals surface area contributed by atoms with Crippen LogP contribution in [0.2, 0.25) is 0 Å². The van der Waals surface area contributed by atoms with Gasteiger partial charge in [0, 0.05) is 56.6 Å². The van der Waals surface area contributed by atoms with Gasteiger partial charge >= 0.3 is 0 Å². The Morgan fingerprint density at radius 3 is 1.73 bits per heavy atom. The van der Waals surface area contributed by atoms with Crippen molar-refractivity contribution in [2.45, 2.75) is 26.7 Å². The van der Waals surface area contributed by atoms with Crippen molar-refractivity contribution in [1.82, 2.24) is 5.32 Å². The van der Waals surface area contributed by atoms with E-state index in [0.717, 1.165) is 39.5 Å². The van der Waals surface area contributed by atoms with Crippen LogP contribution in [-0.4, -0.2) is 46.3 Å². The lowest BCUT2D eigenvalue weighted by molar-refractivity contribution is -0.126. The number of amides is 1. The first-order valence-corrected chi connectivity index (χ1v) is 12.7. The number of benzene rings is 3. The van der Waals surface area contributed by atoms with Crippen LogP contribution >= 0.6 is 12.2 Å². The van der Waals surface area contributed by atoms with E-state index in [0.29, 0.717) is 0 Å². The van der Waals surface area contributed by atoms with Gasteiger partial charge in [0.25, 0.3) is 0 Å². The lowest BCUT2D eigenvalue weighted by Crippen LogP contribution is -2.41.